The van der Waals surface area contributed by atoms with Crippen molar-refractivity contribution >= 4 is 0 Å². The van der Waals surface area contributed by atoms with Gasteiger partial charge in [-0.25, -0.2) is 13.8 Å². The van der Waals surface area contributed by atoms with E-state index in [0.717, 1.165) is 36.6 Å². The van der Waals surface area contributed by atoms with Gasteiger partial charge in [0, 0.05) is 19.1 Å². The SMILES string of the molecule is Cc1nc(C)n2c1C(CCc1ccc(F)c(F)c1)NCC2. The van der Waals surface area contributed by atoms with Crippen molar-refractivity contribution in [3.05, 3.63) is 52.6 Å². The van der Waals surface area contributed by atoms with Crippen molar-refractivity contribution < 1.29 is 8.78 Å². The highest BCUT2D eigenvalue weighted by molar-refractivity contribution is 5.23. The van der Waals surface area contributed by atoms with Gasteiger partial charge in [0.2, 0.25) is 0 Å². The number of nitrogens with one attached hydrogen (secondary N) is 1. The van der Waals surface area contributed by atoms with E-state index in [9.17, 15) is 8.78 Å². The average molecular weight is 291 g/mol. The van der Waals surface area contributed by atoms with Crippen molar-refractivity contribution in [3.8, 4) is 0 Å². The Morgan fingerprint density at radius 1 is 1.29 bits per heavy atom. The quantitative estimate of drug-likeness (QED) is 0.942. The molecule has 0 saturated carbocycles. The minimum Gasteiger partial charge on any atom is -0.329 e. The molecule has 0 saturated heterocycles. The monoisotopic (exact) mass is 291 g/mol. The molecule has 0 spiro atoms. The lowest BCUT2D eigenvalue weighted by Gasteiger charge is -2.27. The van der Waals surface area contributed by atoms with Gasteiger partial charge in [0.05, 0.1) is 11.4 Å². The fourth-order valence-electron chi connectivity index (χ4n) is 3.14. The van der Waals surface area contributed by atoms with E-state index in [1.807, 2.05) is 13.8 Å². The first-order valence-corrected chi connectivity index (χ1v) is 7.27. The number of hydrogen-bond donors (Lipinski definition) is 1. The van der Waals surface area contributed by atoms with E-state index < -0.39 is 11.6 Å². The molecular weight excluding hydrogens is 272 g/mol. The Morgan fingerprint density at radius 3 is 2.86 bits per heavy atom. The number of aryl methyl sites for hydroxylation is 3. The first-order chi connectivity index (χ1) is 10.1. The summed E-state index contributed by atoms with van der Waals surface area (Å²) >= 11 is 0. The van der Waals surface area contributed by atoms with E-state index in [1.54, 1.807) is 6.07 Å². The van der Waals surface area contributed by atoms with Gasteiger partial charge in [0.1, 0.15) is 5.82 Å². The Balaban J connectivity index is 1.76. The molecule has 1 aliphatic rings. The van der Waals surface area contributed by atoms with Crippen LogP contribution < -0.4 is 5.32 Å². The highest BCUT2D eigenvalue weighted by Crippen LogP contribution is 2.26. The van der Waals surface area contributed by atoms with E-state index in [0.29, 0.717) is 6.42 Å². The van der Waals surface area contributed by atoms with Gasteiger partial charge < -0.3 is 9.88 Å². The first-order valence-electron chi connectivity index (χ1n) is 7.27. The Hall–Kier alpha value is -1.75. The Bertz CT molecular complexity index is 664. The molecule has 0 amide bonds. The number of imidazole rings is 1. The lowest BCUT2D eigenvalue weighted by molar-refractivity contribution is 0.400. The van der Waals surface area contributed by atoms with Crippen molar-refractivity contribution in [2.24, 2.45) is 0 Å². The number of halogens is 2. The highest BCUT2D eigenvalue weighted by atomic mass is 19.2. The molecule has 1 aromatic carbocycles. The number of rotatable bonds is 3. The Kier molecular flexibility index (Phi) is 3.76. The summed E-state index contributed by atoms with van der Waals surface area (Å²) in [5.74, 6) is -0.526. The molecule has 5 heteroatoms. The van der Waals surface area contributed by atoms with Crippen LogP contribution in [0.4, 0.5) is 8.78 Å². The van der Waals surface area contributed by atoms with Gasteiger partial charge in [-0.05, 0) is 44.4 Å². The molecule has 2 heterocycles. The van der Waals surface area contributed by atoms with Crippen molar-refractivity contribution in [1.29, 1.82) is 0 Å². The van der Waals surface area contributed by atoms with Crippen LogP contribution in [0.25, 0.3) is 0 Å². The lowest BCUT2D eigenvalue weighted by atomic mass is 10.0. The van der Waals surface area contributed by atoms with E-state index in [1.165, 1.54) is 17.8 Å². The van der Waals surface area contributed by atoms with Crippen molar-refractivity contribution in [1.82, 2.24) is 14.9 Å². The standard InChI is InChI=1S/C16H19F2N3/c1-10-16-15(19-7-8-21(16)11(2)20-10)6-4-12-3-5-13(17)14(18)9-12/h3,5,9,15,19H,4,6-8H2,1-2H3. The van der Waals surface area contributed by atoms with E-state index in [4.69, 9.17) is 0 Å². The van der Waals surface area contributed by atoms with E-state index in [2.05, 4.69) is 14.9 Å². The third kappa shape index (κ3) is 2.70. The Morgan fingerprint density at radius 2 is 2.10 bits per heavy atom. The zero-order chi connectivity index (χ0) is 15.0. The summed E-state index contributed by atoms with van der Waals surface area (Å²) in [6.07, 6.45) is 1.55. The summed E-state index contributed by atoms with van der Waals surface area (Å²) in [5.41, 5.74) is 3.10. The molecule has 3 rings (SSSR count). The molecule has 1 aromatic heterocycles. The summed E-state index contributed by atoms with van der Waals surface area (Å²) in [5, 5.41) is 3.50. The third-order valence-corrected chi connectivity index (χ3v) is 4.14. The van der Waals surface area contributed by atoms with E-state index in [-0.39, 0.29) is 6.04 Å². The fraction of sp³-hybridized carbons (Fsp3) is 0.438. The molecule has 21 heavy (non-hydrogen) atoms. The molecule has 112 valence electrons. The van der Waals surface area contributed by atoms with E-state index >= 15 is 0 Å². The summed E-state index contributed by atoms with van der Waals surface area (Å²) in [6, 6.07) is 4.34. The van der Waals surface area contributed by atoms with Crippen molar-refractivity contribution in [2.75, 3.05) is 6.54 Å². The predicted molar refractivity (Wildman–Crippen MR) is 77.1 cm³/mol. The van der Waals surface area contributed by atoms with Crippen LogP contribution in [0.1, 0.15) is 35.2 Å². The molecule has 1 N–H and O–H groups in total. The topological polar surface area (TPSA) is 29.9 Å². The van der Waals surface area contributed by atoms with Gasteiger partial charge in [-0.2, -0.15) is 0 Å². The largest absolute Gasteiger partial charge is 0.329 e. The molecule has 0 bridgehead atoms. The highest BCUT2D eigenvalue weighted by Gasteiger charge is 2.24. The number of aromatic nitrogens is 2. The molecule has 1 aliphatic heterocycles. The van der Waals surface area contributed by atoms with Gasteiger partial charge in [0.15, 0.2) is 11.6 Å². The fourth-order valence-corrected chi connectivity index (χ4v) is 3.14. The third-order valence-electron chi connectivity index (χ3n) is 4.14. The van der Waals surface area contributed by atoms with Gasteiger partial charge in [-0.15, -0.1) is 0 Å². The van der Waals surface area contributed by atoms with Crippen molar-refractivity contribution in [3.63, 3.8) is 0 Å². The second-order valence-corrected chi connectivity index (χ2v) is 5.58. The second kappa shape index (κ2) is 5.56. The smallest absolute Gasteiger partial charge is 0.159 e. The van der Waals surface area contributed by atoms with Crippen LogP contribution in [0.3, 0.4) is 0 Å². The summed E-state index contributed by atoms with van der Waals surface area (Å²) in [7, 11) is 0. The zero-order valence-corrected chi connectivity index (χ0v) is 12.3. The van der Waals surface area contributed by atoms with Crippen LogP contribution in [-0.2, 0) is 13.0 Å². The normalized spacial score (nSPS) is 17.8. The number of benzene rings is 1. The van der Waals surface area contributed by atoms with Crippen LogP contribution >= 0.6 is 0 Å². The lowest BCUT2D eigenvalue weighted by Crippen LogP contribution is -2.34. The maximum Gasteiger partial charge on any atom is 0.159 e. The molecule has 1 unspecified atom stereocenters. The van der Waals surface area contributed by atoms with Gasteiger partial charge in [0.25, 0.3) is 0 Å². The first kappa shape index (κ1) is 14.2. The average Bonchev–Trinajstić information content (AvgIpc) is 2.76. The minimum atomic E-state index is -0.793. The zero-order valence-electron chi connectivity index (χ0n) is 12.3. The predicted octanol–water partition coefficient (Wildman–Crippen LogP) is 3.06. The van der Waals surface area contributed by atoms with Crippen LogP contribution in [0.5, 0.6) is 0 Å². The summed E-state index contributed by atoms with van der Waals surface area (Å²) in [4.78, 5) is 4.54. The Labute approximate surface area is 123 Å². The number of fused-ring (bicyclic) bond motifs is 1. The van der Waals surface area contributed by atoms with Gasteiger partial charge in [-0.3, -0.25) is 0 Å². The van der Waals surface area contributed by atoms with Crippen LogP contribution in [0, 0.1) is 25.5 Å². The number of hydrogen-bond acceptors (Lipinski definition) is 2. The van der Waals surface area contributed by atoms with Crippen LogP contribution in [0.15, 0.2) is 18.2 Å². The molecular formula is C16H19F2N3. The number of nitrogens with zero attached hydrogens (tertiary/aromatic N) is 2. The molecule has 0 fully saturated rings. The van der Waals surface area contributed by atoms with Crippen molar-refractivity contribution in [2.45, 2.75) is 39.3 Å². The molecule has 3 nitrogen and oxygen atoms in total. The molecule has 1 atom stereocenters. The second-order valence-electron chi connectivity index (χ2n) is 5.58. The summed E-state index contributed by atoms with van der Waals surface area (Å²) < 4.78 is 28.4. The summed E-state index contributed by atoms with van der Waals surface area (Å²) in [6.45, 7) is 5.89. The van der Waals surface area contributed by atoms with Gasteiger partial charge in [-0.1, -0.05) is 6.07 Å². The van der Waals surface area contributed by atoms with Crippen LogP contribution in [0.2, 0.25) is 0 Å². The molecule has 0 radical (unpaired) electrons. The minimum absolute atomic E-state index is 0.216. The maximum atomic E-state index is 13.2. The van der Waals surface area contributed by atoms with Crippen LogP contribution in [-0.4, -0.2) is 16.1 Å². The maximum absolute atomic E-state index is 13.2. The molecule has 2 aromatic rings. The molecule has 0 aliphatic carbocycles. The van der Waals surface area contributed by atoms with Gasteiger partial charge >= 0.3 is 0 Å².